The molecule has 3 aromatic rings. The summed E-state index contributed by atoms with van der Waals surface area (Å²) in [6.45, 7) is 1.66. The van der Waals surface area contributed by atoms with Crippen molar-refractivity contribution in [2.45, 2.75) is 6.54 Å². The Balaban J connectivity index is 1.86. The summed E-state index contributed by atoms with van der Waals surface area (Å²) in [4.78, 5) is 37.5. The molecule has 2 aromatic heterocycles. The predicted molar refractivity (Wildman–Crippen MR) is 101 cm³/mol. The molecule has 1 amide bonds. The van der Waals surface area contributed by atoms with Gasteiger partial charge >= 0.3 is 5.69 Å². The van der Waals surface area contributed by atoms with Crippen molar-refractivity contribution in [3.05, 3.63) is 63.7 Å². The van der Waals surface area contributed by atoms with Crippen LogP contribution >= 0.6 is 0 Å². The second-order valence-electron chi connectivity index (χ2n) is 6.54. The van der Waals surface area contributed by atoms with Crippen molar-refractivity contribution in [1.82, 2.24) is 24.8 Å². The molecule has 0 fully saturated rings. The summed E-state index contributed by atoms with van der Waals surface area (Å²) >= 11 is 0. The number of carbonyl (C=O) groups excluding carboxylic acids is 1. The quantitative estimate of drug-likeness (QED) is 0.686. The third kappa shape index (κ3) is 4.40. The van der Waals surface area contributed by atoms with E-state index in [0.717, 1.165) is 5.56 Å². The molecule has 0 unspecified atom stereocenters. The highest BCUT2D eigenvalue weighted by Crippen LogP contribution is 2.13. The van der Waals surface area contributed by atoms with Crippen molar-refractivity contribution in [3.8, 4) is 6.07 Å². The number of likely N-dealkylation sites (N-methyl/N-ethyl adjacent to an activating group) is 1. The van der Waals surface area contributed by atoms with Gasteiger partial charge in [-0.15, -0.1) is 0 Å². The summed E-state index contributed by atoms with van der Waals surface area (Å²) in [5.41, 5.74) is 2.48. The molecule has 0 saturated carbocycles. The monoisotopic (exact) mass is 364 g/mol. The Labute approximate surface area is 156 Å². The number of carbonyl (C=O) groups is 1. The third-order valence-electron chi connectivity index (χ3n) is 4.18. The molecule has 0 spiro atoms. The van der Waals surface area contributed by atoms with Gasteiger partial charge in [-0.1, -0.05) is 12.1 Å². The Hall–Kier alpha value is -3.44. The van der Waals surface area contributed by atoms with Crippen LogP contribution in [0.3, 0.4) is 0 Å². The molecule has 3 rings (SSSR count). The minimum atomic E-state index is -0.357. The SMILES string of the molecule is CN(C)CCN(Cc1ccc(C#N)cc1)C(=O)c1cnc2[nH]c(=O)[nH]c2c1. The minimum Gasteiger partial charge on any atom is -0.333 e. The Kier molecular flexibility index (Phi) is 5.33. The smallest absolute Gasteiger partial charge is 0.325 e. The van der Waals surface area contributed by atoms with Crippen molar-refractivity contribution >= 4 is 17.1 Å². The highest BCUT2D eigenvalue weighted by molar-refractivity contribution is 5.96. The largest absolute Gasteiger partial charge is 0.333 e. The van der Waals surface area contributed by atoms with E-state index in [-0.39, 0.29) is 11.6 Å². The normalized spacial score (nSPS) is 10.9. The third-order valence-corrected chi connectivity index (χ3v) is 4.18. The molecule has 8 nitrogen and oxygen atoms in total. The summed E-state index contributed by atoms with van der Waals surface area (Å²) in [6, 6.07) is 10.9. The number of hydrogen-bond acceptors (Lipinski definition) is 5. The van der Waals surface area contributed by atoms with Gasteiger partial charge in [-0.05, 0) is 37.9 Å². The first kappa shape index (κ1) is 18.4. The minimum absolute atomic E-state index is 0.169. The Morgan fingerprint density at radius 2 is 1.93 bits per heavy atom. The number of nitriles is 1. The van der Waals surface area contributed by atoms with E-state index in [1.54, 1.807) is 23.1 Å². The van der Waals surface area contributed by atoms with E-state index in [0.29, 0.717) is 41.9 Å². The van der Waals surface area contributed by atoms with E-state index in [2.05, 4.69) is 21.0 Å². The fourth-order valence-corrected chi connectivity index (χ4v) is 2.70. The van der Waals surface area contributed by atoms with Crippen LogP contribution in [-0.2, 0) is 6.54 Å². The molecule has 0 radical (unpaired) electrons. The zero-order valence-corrected chi connectivity index (χ0v) is 15.2. The number of hydrogen-bond donors (Lipinski definition) is 2. The number of rotatable bonds is 6. The van der Waals surface area contributed by atoms with Gasteiger partial charge in [-0.3, -0.25) is 9.78 Å². The molecule has 0 saturated heterocycles. The maximum Gasteiger partial charge on any atom is 0.325 e. The van der Waals surface area contributed by atoms with Crippen LogP contribution in [-0.4, -0.2) is 57.8 Å². The second-order valence-corrected chi connectivity index (χ2v) is 6.54. The van der Waals surface area contributed by atoms with Crippen LogP contribution in [0.15, 0.2) is 41.3 Å². The van der Waals surface area contributed by atoms with Crippen LogP contribution < -0.4 is 5.69 Å². The average Bonchev–Trinajstić information content (AvgIpc) is 3.04. The number of pyridine rings is 1. The molecule has 1 aromatic carbocycles. The summed E-state index contributed by atoms with van der Waals surface area (Å²) in [6.07, 6.45) is 1.47. The van der Waals surface area contributed by atoms with Crippen LogP contribution in [0.1, 0.15) is 21.5 Å². The predicted octanol–water partition coefficient (Wildman–Crippen LogP) is 1.33. The molecule has 0 atom stereocenters. The Morgan fingerprint density at radius 1 is 1.19 bits per heavy atom. The van der Waals surface area contributed by atoms with Crippen LogP contribution in [0.2, 0.25) is 0 Å². The zero-order valence-electron chi connectivity index (χ0n) is 15.2. The van der Waals surface area contributed by atoms with Crippen LogP contribution in [0.4, 0.5) is 0 Å². The van der Waals surface area contributed by atoms with Crippen molar-refractivity contribution < 1.29 is 4.79 Å². The highest BCUT2D eigenvalue weighted by Gasteiger charge is 2.18. The molecule has 0 aliphatic carbocycles. The number of nitrogens with one attached hydrogen (secondary N) is 2. The maximum atomic E-state index is 13.0. The molecular formula is C19H20N6O2. The number of H-pyrrole nitrogens is 2. The van der Waals surface area contributed by atoms with E-state index < -0.39 is 0 Å². The lowest BCUT2D eigenvalue weighted by atomic mass is 10.1. The molecule has 2 N–H and O–H groups in total. The lowest BCUT2D eigenvalue weighted by molar-refractivity contribution is 0.0731. The lowest BCUT2D eigenvalue weighted by Gasteiger charge is -2.24. The van der Waals surface area contributed by atoms with Gasteiger partial charge in [0.1, 0.15) is 0 Å². The topological polar surface area (TPSA) is 109 Å². The number of nitrogens with zero attached hydrogens (tertiary/aromatic N) is 4. The number of imidazole rings is 1. The maximum absolute atomic E-state index is 13.0. The summed E-state index contributed by atoms with van der Waals surface area (Å²) in [5.74, 6) is -0.169. The molecule has 27 heavy (non-hydrogen) atoms. The van der Waals surface area contributed by atoms with Crippen LogP contribution in [0, 0.1) is 11.3 Å². The van der Waals surface area contributed by atoms with E-state index in [9.17, 15) is 9.59 Å². The summed E-state index contributed by atoms with van der Waals surface area (Å²) < 4.78 is 0. The zero-order chi connectivity index (χ0) is 19.4. The molecule has 8 heteroatoms. The van der Waals surface area contributed by atoms with Crippen molar-refractivity contribution in [2.24, 2.45) is 0 Å². The molecule has 2 heterocycles. The van der Waals surface area contributed by atoms with Gasteiger partial charge in [-0.25, -0.2) is 9.78 Å². The van der Waals surface area contributed by atoms with E-state index in [4.69, 9.17) is 5.26 Å². The standard InChI is InChI=1S/C19H20N6O2/c1-24(2)7-8-25(12-14-5-3-13(10-20)4-6-14)18(26)15-9-16-17(21-11-15)23-19(27)22-16/h3-6,9,11H,7-8,12H2,1-2H3,(H2,21,22,23,27). The van der Waals surface area contributed by atoms with E-state index >= 15 is 0 Å². The van der Waals surface area contributed by atoms with Gasteiger partial charge in [-0.2, -0.15) is 5.26 Å². The molecule has 0 bridgehead atoms. The summed E-state index contributed by atoms with van der Waals surface area (Å²) in [7, 11) is 3.89. The molecule has 0 aliphatic heterocycles. The number of aromatic nitrogens is 3. The summed E-state index contributed by atoms with van der Waals surface area (Å²) in [5, 5.41) is 8.93. The Bertz CT molecular complexity index is 1040. The number of fused-ring (bicyclic) bond motifs is 1. The van der Waals surface area contributed by atoms with Gasteiger partial charge in [0, 0.05) is 25.8 Å². The molecular weight excluding hydrogens is 344 g/mol. The average molecular weight is 364 g/mol. The number of amides is 1. The second kappa shape index (κ2) is 7.85. The highest BCUT2D eigenvalue weighted by atomic mass is 16.2. The van der Waals surface area contributed by atoms with Crippen molar-refractivity contribution in [2.75, 3.05) is 27.2 Å². The van der Waals surface area contributed by atoms with Crippen LogP contribution in [0.25, 0.3) is 11.2 Å². The molecule has 138 valence electrons. The fourth-order valence-electron chi connectivity index (χ4n) is 2.70. The van der Waals surface area contributed by atoms with Gasteiger partial charge in [0.2, 0.25) is 0 Å². The van der Waals surface area contributed by atoms with Crippen LogP contribution in [0.5, 0.6) is 0 Å². The number of benzene rings is 1. The first-order valence-corrected chi connectivity index (χ1v) is 8.47. The van der Waals surface area contributed by atoms with E-state index in [1.165, 1.54) is 6.20 Å². The number of aromatic amines is 2. The van der Waals surface area contributed by atoms with Crippen molar-refractivity contribution in [3.63, 3.8) is 0 Å². The van der Waals surface area contributed by atoms with Gasteiger partial charge < -0.3 is 14.8 Å². The van der Waals surface area contributed by atoms with E-state index in [1.807, 2.05) is 31.1 Å². The first-order chi connectivity index (χ1) is 13.0. The Morgan fingerprint density at radius 3 is 2.59 bits per heavy atom. The van der Waals surface area contributed by atoms with Crippen molar-refractivity contribution in [1.29, 1.82) is 5.26 Å². The fraction of sp³-hybridized carbons (Fsp3) is 0.263. The van der Waals surface area contributed by atoms with Gasteiger partial charge in [0.15, 0.2) is 5.65 Å². The molecule has 0 aliphatic rings. The van der Waals surface area contributed by atoms with Gasteiger partial charge in [0.05, 0.1) is 22.7 Å². The lowest BCUT2D eigenvalue weighted by Crippen LogP contribution is -2.36. The first-order valence-electron chi connectivity index (χ1n) is 8.47. The van der Waals surface area contributed by atoms with Gasteiger partial charge in [0.25, 0.3) is 5.91 Å².